The first kappa shape index (κ1) is 16.9. The van der Waals surface area contributed by atoms with Crippen molar-refractivity contribution in [1.82, 2.24) is 9.80 Å². The van der Waals surface area contributed by atoms with Crippen molar-refractivity contribution in [2.75, 3.05) is 39.8 Å². The van der Waals surface area contributed by atoms with E-state index in [1.807, 2.05) is 42.2 Å². The molecule has 0 aromatic heterocycles. The highest BCUT2D eigenvalue weighted by Gasteiger charge is 2.28. The fourth-order valence-corrected chi connectivity index (χ4v) is 2.75. The first-order valence-electron chi connectivity index (χ1n) is 7.92. The minimum atomic E-state index is -0.533. The third kappa shape index (κ3) is 4.29. The lowest BCUT2D eigenvalue weighted by Gasteiger charge is -2.36. The zero-order valence-electron chi connectivity index (χ0n) is 13.4. The lowest BCUT2D eigenvalue weighted by Crippen LogP contribution is -2.51. The largest absolute Gasteiger partial charge is 0.392 e. The molecule has 0 bridgehead atoms. The molecule has 1 fully saturated rings. The van der Waals surface area contributed by atoms with Crippen LogP contribution in [0, 0.1) is 0 Å². The van der Waals surface area contributed by atoms with E-state index in [1.54, 1.807) is 7.11 Å². The second-order valence-electron chi connectivity index (χ2n) is 5.71. The van der Waals surface area contributed by atoms with Gasteiger partial charge in [0.05, 0.1) is 6.10 Å². The van der Waals surface area contributed by atoms with Gasteiger partial charge in [-0.05, 0) is 12.0 Å². The number of rotatable bonds is 6. The van der Waals surface area contributed by atoms with Crippen molar-refractivity contribution >= 4 is 5.91 Å². The second kappa shape index (κ2) is 8.27. The van der Waals surface area contributed by atoms with Crippen LogP contribution >= 0.6 is 0 Å². The molecule has 1 heterocycles. The molecule has 2 atom stereocenters. The van der Waals surface area contributed by atoms with Gasteiger partial charge in [-0.2, -0.15) is 0 Å². The number of aliphatic hydroxyl groups is 1. The Labute approximate surface area is 132 Å². The highest BCUT2D eigenvalue weighted by Crippen LogP contribution is 2.20. The van der Waals surface area contributed by atoms with Crippen LogP contribution in [0.15, 0.2) is 30.3 Å². The summed E-state index contributed by atoms with van der Waals surface area (Å²) in [5.74, 6) is 0.0180. The van der Waals surface area contributed by atoms with E-state index < -0.39 is 6.10 Å². The molecule has 0 saturated carbocycles. The van der Waals surface area contributed by atoms with E-state index in [9.17, 15) is 9.90 Å². The number of piperazine rings is 1. The van der Waals surface area contributed by atoms with Crippen LogP contribution in [0.4, 0.5) is 0 Å². The molecule has 1 N–H and O–H groups in total. The summed E-state index contributed by atoms with van der Waals surface area (Å²) in [6, 6.07) is 9.59. The Morgan fingerprint density at radius 3 is 2.41 bits per heavy atom. The summed E-state index contributed by atoms with van der Waals surface area (Å²) in [4.78, 5) is 16.7. The number of benzene rings is 1. The molecular weight excluding hydrogens is 280 g/mol. The average Bonchev–Trinajstić information content (AvgIpc) is 2.57. The quantitative estimate of drug-likeness (QED) is 0.860. The van der Waals surface area contributed by atoms with Crippen LogP contribution in [0.5, 0.6) is 0 Å². The highest BCUT2D eigenvalue weighted by molar-refractivity contribution is 5.82. The SMILES string of the molecule is CCC(O)CN1CCN(C(=O)C(OC)c2ccccc2)CC1. The topological polar surface area (TPSA) is 53.0 Å². The van der Waals surface area contributed by atoms with Crippen molar-refractivity contribution in [1.29, 1.82) is 0 Å². The molecule has 1 amide bonds. The lowest BCUT2D eigenvalue weighted by molar-refractivity contribution is -0.144. The van der Waals surface area contributed by atoms with Gasteiger partial charge in [-0.1, -0.05) is 37.3 Å². The minimum absolute atomic E-state index is 0.0180. The standard InChI is InChI=1S/C17H26N2O3/c1-3-15(20)13-18-9-11-19(12-10-18)17(21)16(22-2)14-7-5-4-6-8-14/h4-8,15-16,20H,3,9-13H2,1-2H3. The molecule has 2 unspecified atom stereocenters. The van der Waals surface area contributed by atoms with Crippen molar-refractivity contribution in [2.24, 2.45) is 0 Å². The number of β-amino-alcohol motifs (C(OH)–C–C–N with tert-alkyl or cyclic N) is 1. The number of ether oxygens (including phenoxy) is 1. The van der Waals surface area contributed by atoms with Gasteiger partial charge in [-0.3, -0.25) is 9.69 Å². The number of methoxy groups -OCH3 is 1. The van der Waals surface area contributed by atoms with Crippen LogP contribution in [-0.4, -0.2) is 66.8 Å². The number of hydrogen-bond acceptors (Lipinski definition) is 4. The summed E-state index contributed by atoms with van der Waals surface area (Å²) >= 11 is 0. The fourth-order valence-electron chi connectivity index (χ4n) is 2.75. The molecule has 1 aromatic rings. The van der Waals surface area contributed by atoms with E-state index in [0.717, 1.165) is 25.1 Å². The van der Waals surface area contributed by atoms with Gasteiger partial charge >= 0.3 is 0 Å². The molecule has 1 aliphatic rings. The Bertz CT molecular complexity index is 458. The monoisotopic (exact) mass is 306 g/mol. The molecule has 5 heteroatoms. The van der Waals surface area contributed by atoms with Crippen molar-refractivity contribution in [2.45, 2.75) is 25.6 Å². The molecule has 0 radical (unpaired) electrons. The van der Waals surface area contributed by atoms with Crippen LogP contribution in [-0.2, 0) is 9.53 Å². The Hall–Kier alpha value is -1.43. The third-order valence-corrected chi connectivity index (χ3v) is 4.19. The molecular formula is C17H26N2O3. The molecule has 122 valence electrons. The molecule has 1 saturated heterocycles. The Morgan fingerprint density at radius 2 is 1.86 bits per heavy atom. The Kier molecular flexibility index (Phi) is 6.36. The number of amides is 1. The van der Waals surface area contributed by atoms with Gasteiger partial charge in [0.2, 0.25) is 0 Å². The van der Waals surface area contributed by atoms with Gasteiger partial charge < -0.3 is 14.7 Å². The maximum absolute atomic E-state index is 12.6. The summed E-state index contributed by atoms with van der Waals surface area (Å²) in [6.07, 6.45) is -0.0499. The van der Waals surface area contributed by atoms with Gasteiger partial charge in [0.15, 0.2) is 6.10 Å². The molecule has 2 rings (SSSR count). The molecule has 1 aliphatic heterocycles. The molecule has 0 aliphatic carbocycles. The smallest absolute Gasteiger partial charge is 0.256 e. The van der Waals surface area contributed by atoms with E-state index in [-0.39, 0.29) is 12.0 Å². The number of nitrogens with zero attached hydrogens (tertiary/aromatic N) is 2. The Morgan fingerprint density at radius 1 is 1.23 bits per heavy atom. The van der Waals surface area contributed by atoms with Crippen LogP contribution in [0.25, 0.3) is 0 Å². The minimum Gasteiger partial charge on any atom is -0.392 e. The van der Waals surface area contributed by atoms with Crippen LogP contribution in [0.1, 0.15) is 25.0 Å². The summed E-state index contributed by atoms with van der Waals surface area (Å²) in [6.45, 7) is 5.63. The van der Waals surface area contributed by atoms with Gasteiger partial charge in [0.1, 0.15) is 0 Å². The fraction of sp³-hybridized carbons (Fsp3) is 0.588. The van der Waals surface area contributed by atoms with E-state index in [2.05, 4.69) is 4.90 Å². The van der Waals surface area contributed by atoms with Crippen molar-refractivity contribution in [3.8, 4) is 0 Å². The molecule has 5 nitrogen and oxygen atoms in total. The highest BCUT2D eigenvalue weighted by atomic mass is 16.5. The maximum atomic E-state index is 12.6. The molecule has 22 heavy (non-hydrogen) atoms. The number of carbonyl (C=O) groups excluding carboxylic acids is 1. The van der Waals surface area contributed by atoms with Crippen molar-refractivity contribution in [3.63, 3.8) is 0 Å². The van der Waals surface area contributed by atoms with Gasteiger partial charge in [0, 0.05) is 39.8 Å². The van der Waals surface area contributed by atoms with Gasteiger partial charge in [-0.15, -0.1) is 0 Å². The maximum Gasteiger partial charge on any atom is 0.256 e. The van der Waals surface area contributed by atoms with E-state index in [0.29, 0.717) is 19.6 Å². The average molecular weight is 306 g/mol. The van der Waals surface area contributed by atoms with Crippen LogP contribution < -0.4 is 0 Å². The summed E-state index contributed by atoms with van der Waals surface area (Å²) in [7, 11) is 1.57. The van der Waals surface area contributed by atoms with E-state index in [1.165, 1.54) is 0 Å². The first-order chi connectivity index (χ1) is 10.7. The van der Waals surface area contributed by atoms with Crippen molar-refractivity contribution in [3.05, 3.63) is 35.9 Å². The third-order valence-electron chi connectivity index (χ3n) is 4.19. The second-order valence-corrected chi connectivity index (χ2v) is 5.71. The Balaban J connectivity index is 1.91. The normalized spacial score (nSPS) is 19.0. The molecule has 1 aromatic carbocycles. The van der Waals surface area contributed by atoms with Gasteiger partial charge in [-0.25, -0.2) is 0 Å². The molecule has 0 spiro atoms. The predicted octanol–water partition coefficient (Wildman–Crippen LogP) is 1.29. The van der Waals surface area contributed by atoms with Gasteiger partial charge in [0.25, 0.3) is 5.91 Å². The van der Waals surface area contributed by atoms with E-state index >= 15 is 0 Å². The van der Waals surface area contributed by atoms with Crippen LogP contribution in [0.3, 0.4) is 0 Å². The number of aliphatic hydroxyl groups excluding tert-OH is 1. The summed E-state index contributed by atoms with van der Waals surface area (Å²) < 4.78 is 5.42. The lowest BCUT2D eigenvalue weighted by atomic mass is 10.1. The zero-order chi connectivity index (χ0) is 15.9. The summed E-state index contributed by atoms with van der Waals surface area (Å²) in [5, 5.41) is 9.72. The van der Waals surface area contributed by atoms with Crippen molar-refractivity contribution < 1.29 is 14.6 Å². The number of carbonyl (C=O) groups is 1. The summed E-state index contributed by atoms with van der Waals surface area (Å²) in [5.41, 5.74) is 0.888. The first-order valence-corrected chi connectivity index (χ1v) is 7.92. The number of hydrogen-bond donors (Lipinski definition) is 1. The van der Waals surface area contributed by atoms with Crippen LogP contribution in [0.2, 0.25) is 0 Å². The zero-order valence-corrected chi connectivity index (χ0v) is 13.4. The van der Waals surface area contributed by atoms with E-state index in [4.69, 9.17) is 4.74 Å². The predicted molar refractivity (Wildman–Crippen MR) is 85.5 cm³/mol.